The van der Waals surface area contributed by atoms with Crippen molar-refractivity contribution in [2.45, 2.75) is 65.8 Å². The van der Waals surface area contributed by atoms with Crippen LogP contribution in [-0.4, -0.2) is 22.1 Å². The van der Waals surface area contributed by atoms with E-state index in [1.807, 2.05) is 13.0 Å². The summed E-state index contributed by atoms with van der Waals surface area (Å²) < 4.78 is 6.81. The zero-order chi connectivity index (χ0) is 22.1. The Hall–Kier alpha value is -3.07. The van der Waals surface area contributed by atoms with Gasteiger partial charge in [-0.3, -0.25) is 14.2 Å². The van der Waals surface area contributed by atoms with Crippen molar-refractivity contribution < 1.29 is 14.6 Å². The SMILES string of the molecule is CCCCCOc1ccc(C(=O)c2c(C)c(C#N)c(=O)n(CCCCC)c2O)cc1. The Morgan fingerprint density at radius 2 is 1.73 bits per heavy atom. The molecule has 30 heavy (non-hydrogen) atoms. The molecular weight excluding hydrogens is 380 g/mol. The molecule has 0 aliphatic rings. The average Bonchev–Trinajstić information content (AvgIpc) is 2.74. The van der Waals surface area contributed by atoms with Gasteiger partial charge in [-0.25, -0.2) is 0 Å². The number of ketones is 1. The van der Waals surface area contributed by atoms with Gasteiger partial charge in [0.15, 0.2) is 5.78 Å². The van der Waals surface area contributed by atoms with Crippen LogP contribution in [0.4, 0.5) is 0 Å². The largest absolute Gasteiger partial charge is 0.494 e. The third kappa shape index (κ3) is 5.29. The van der Waals surface area contributed by atoms with Crippen molar-refractivity contribution in [3.63, 3.8) is 0 Å². The molecule has 0 bridgehead atoms. The molecule has 0 saturated heterocycles. The van der Waals surface area contributed by atoms with Gasteiger partial charge in [-0.05, 0) is 49.6 Å². The van der Waals surface area contributed by atoms with E-state index in [1.54, 1.807) is 24.3 Å². The molecule has 0 saturated carbocycles. The lowest BCUT2D eigenvalue weighted by atomic mass is 9.97. The monoisotopic (exact) mass is 410 g/mol. The number of carbonyl (C=O) groups excluding carboxylic acids is 1. The summed E-state index contributed by atoms with van der Waals surface area (Å²) in [6.45, 7) is 6.56. The van der Waals surface area contributed by atoms with Crippen LogP contribution in [0.15, 0.2) is 29.1 Å². The Kier molecular flexibility index (Phi) is 8.67. The Bertz CT molecular complexity index is 969. The second-order valence-electron chi connectivity index (χ2n) is 7.38. The molecule has 0 aliphatic carbocycles. The van der Waals surface area contributed by atoms with Crippen LogP contribution in [0.3, 0.4) is 0 Å². The lowest BCUT2D eigenvalue weighted by Gasteiger charge is -2.15. The highest BCUT2D eigenvalue weighted by atomic mass is 16.5. The zero-order valence-electron chi connectivity index (χ0n) is 18.0. The number of hydrogen-bond acceptors (Lipinski definition) is 5. The van der Waals surface area contributed by atoms with Gasteiger partial charge >= 0.3 is 0 Å². The molecule has 0 radical (unpaired) electrons. The van der Waals surface area contributed by atoms with Gasteiger partial charge in [-0.15, -0.1) is 0 Å². The van der Waals surface area contributed by atoms with E-state index in [0.29, 0.717) is 24.3 Å². The minimum atomic E-state index is -0.559. The summed E-state index contributed by atoms with van der Waals surface area (Å²) in [5, 5.41) is 20.2. The van der Waals surface area contributed by atoms with Gasteiger partial charge in [0.05, 0.1) is 12.2 Å². The number of pyridine rings is 1. The van der Waals surface area contributed by atoms with Gasteiger partial charge < -0.3 is 9.84 Å². The number of nitrogens with zero attached hydrogens (tertiary/aromatic N) is 2. The van der Waals surface area contributed by atoms with Crippen LogP contribution in [0.25, 0.3) is 0 Å². The summed E-state index contributed by atoms with van der Waals surface area (Å²) in [6, 6.07) is 8.59. The quantitative estimate of drug-likeness (QED) is 0.427. The number of aromatic hydroxyl groups is 1. The fourth-order valence-corrected chi connectivity index (χ4v) is 3.34. The number of carbonyl (C=O) groups is 1. The van der Waals surface area contributed by atoms with Crippen molar-refractivity contribution in [3.8, 4) is 17.7 Å². The zero-order valence-corrected chi connectivity index (χ0v) is 18.0. The lowest BCUT2D eigenvalue weighted by Crippen LogP contribution is -2.27. The molecule has 0 spiro atoms. The summed E-state index contributed by atoms with van der Waals surface area (Å²) in [5.41, 5.74) is -0.104. The van der Waals surface area contributed by atoms with Crippen molar-refractivity contribution in [2.24, 2.45) is 0 Å². The van der Waals surface area contributed by atoms with E-state index >= 15 is 0 Å². The van der Waals surface area contributed by atoms with E-state index in [9.17, 15) is 20.0 Å². The van der Waals surface area contributed by atoms with Crippen LogP contribution < -0.4 is 10.3 Å². The first-order valence-electron chi connectivity index (χ1n) is 10.6. The average molecular weight is 411 g/mol. The highest BCUT2D eigenvalue weighted by Gasteiger charge is 2.24. The van der Waals surface area contributed by atoms with E-state index in [1.165, 1.54) is 6.92 Å². The Morgan fingerprint density at radius 3 is 2.33 bits per heavy atom. The molecule has 2 rings (SSSR count). The first kappa shape index (κ1) is 23.2. The number of ether oxygens (including phenoxy) is 1. The molecule has 6 nitrogen and oxygen atoms in total. The topological polar surface area (TPSA) is 92.3 Å². The first-order valence-corrected chi connectivity index (χ1v) is 10.6. The fraction of sp³-hybridized carbons (Fsp3) is 0.458. The smallest absolute Gasteiger partial charge is 0.271 e. The van der Waals surface area contributed by atoms with E-state index in [2.05, 4.69) is 6.92 Å². The lowest BCUT2D eigenvalue weighted by molar-refractivity contribution is 0.103. The van der Waals surface area contributed by atoms with Crippen molar-refractivity contribution >= 4 is 5.78 Å². The molecule has 0 unspecified atom stereocenters. The number of rotatable bonds is 11. The minimum absolute atomic E-state index is 0.000683. The second kappa shape index (κ2) is 11.2. The van der Waals surface area contributed by atoms with Crippen LogP contribution >= 0.6 is 0 Å². The van der Waals surface area contributed by atoms with Crippen molar-refractivity contribution in [1.29, 1.82) is 5.26 Å². The Morgan fingerprint density at radius 1 is 1.10 bits per heavy atom. The standard InChI is InChI=1S/C24H30N2O4/c1-4-6-8-14-26-23(28)20(16-25)17(3)21(24(26)29)22(27)18-10-12-19(13-11-18)30-15-9-7-5-2/h10-13,29H,4-9,14-15H2,1-3H3. The molecule has 2 aromatic rings. The van der Waals surface area contributed by atoms with Crippen LogP contribution in [0.1, 0.15) is 79.4 Å². The maximum absolute atomic E-state index is 13.1. The molecule has 0 amide bonds. The maximum atomic E-state index is 13.1. The summed E-state index contributed by atoms with van der Waals surface area (Å²) in [5.74, 6) is -0.133. The first-order chi connectivity index (χ1) is 14.5. The molecule has 1 N–H and O–H groups in total. The van der Waals surface area contributed by atoms with Crippen LogP contribution in [0.2, 0.25) is 0 Å². The highest BCUT2D eigenvalue weighted by molar-refractivity contribution is 6.11. The van der Waals surface area contributed by atoms with E-state index in [-0.39, 0.29) is 29.1 Å². The van der Waals surface area contributed by atoms with Crippen LogP contribution in [0.5, 0.6) is 11.6 Å². The molecular formula is C24H30N2O4. The molecule has 6 heteroatoms. The van der Waals surface area contributed by atoms with E-state index < -0.39 is 11.3 Å². The number of unbranched alkanes of at least 4 members (excludes halogenated alkanes) is 4. The van der Waals surface area contributed by atoms with Crippen molar-refractivity contribution in [2.75, 3.05) is 6.61 Å². The van der Waals surface area contributed by atoms with Crippen LogP contribution in [0, 0.1) is 18.3 Å². The second-order valence-corrected chi connectivity index (χ2v) is 7.38. The minimum Gasteiger partial charge on any atom is -0.494 e. The predicted octanol–water partition coefficient (Wildman–Crippen LogP) is 4.72. The number of benzene rings is 1. The van der Waals surface area contributed by atoms with Gasteiger partial charge in [-0.1, -0.05) is 39.5 Å². The van der Waals surface area contributed by atoms with Gasteiger partial charge in [0, 0.05) is 12.1 Å². The summed E-state index contributed by atoms with van der Waals surface area (Å²) in [7, 11) is 0. The summed E-state index contributed by atoms with van der Waals surface area (Å²) in [6.07, 6.45) is 5.70. The molecule has 0 aliphatic heterocycles. The number of hydrogen-bond donors (Lipinski definition) is 1. The summed E-state index contributed by atoms with van der Waals surface area (Å²) in [4.78, 5) is 25.7. The molecule has 0 atom stereocenters. The number of nitriles is 1. The maximum Gasteiger partial charge on any atom is 0.271 e. The van der Waals surface area contributed by atoms with Crippen LogP contribution in [-0.2, 0) is 6.54 Å². The Balaban J connectivity index is 2.35. The predicted molar refractivity (Wildman–Crippen MR) is 116 cm³/mol. The molecule has 1 heterocycles. The van der Waals surface area contributed by atoms with Crippen molar-refractivity contribution in [3.05, 3.63) is 56.9 Å². The van der Waals surface area contributed by atoms with Gasteiger partial charge in [-0.2, -0.15) is 5.26 Å². The summed E-state index contributed by atoms with van der Waals surface area (Å²) >= 11 is 0. The Labute approximate surface area is 177 Å². The molecule has 160 valence electrons. The normalized spacial score (nSPS) is 10.6. The van der Waals surface area contributed by atoms with Crippen molar-refractivity contribution in [1.82, 2.24) is 4.57 Å². The van der Waals surface area contributed by atoms with E-state index in [4.69, 9.17) is 4.74 Å². The third-order valence-electron chi connectivity index (χ3n) is 5.15. The number of aromatic nitrogens is 1. The molecule has 0 fully saturated rings. The fourth-order valence-electron chi connectivity index (χ4n) is 3.34. The van der Waals surface area contributed by atoms with Gasteiger partial charge in [0.25, 0.3) is 5.56 Å². The third-order valence-corrected chi connectivity index (χ3v) is 5.15. The molecule has 1 aromatic heterocycles. The van der Waals surface area contributed by atoms with E-state index in [0.717, 1.165) is 36.7 Å². The van der Waals surface area contributed by atoms with Gasteiger partial charge in [0.2, 0.25) is 5.88 Å². The highest BCUT2D eigenvalue weighted by Crippen LogP contribution is 2.26. The molecule has 1 aromatic carbocycles. The van der Waals surface area contributed by atoms with Gasteiger partial charge in [0.1, 0.15) is 17.4 Å².